The zero-order valence-electron chi connectivity index (χ0n) is 10.1. The molecule has 1 aromatic carbocycles. The molecular formula is C15H12ClNO2. The average Bonchev–Trinajstić information content (AvgIpc) is 2.81. The van der Waals surface area contributed by atoms with Gasteiger partial charge in [0.15, 0.2) is 0 Å². The number of carboxylic acid groups (broad SMARTS) is 1. The van der Waals surface area contributed by atoms with E-state index in [4.69, 9.17) is 16.7 Å². The van der Waals surface area contributed by atoms with Gasteiger partial charge in [-0.2, -0.15) is 0 Å². The highest BCUT2D eigenvalue weighted by Gasteiger charge is 2.30. The summed E-state index contributed by atoms with van der Waals surface area (Å²) in [4.78, 5) is 15.7. The second kappa shape index (κ2) is 4.67. The van der Waals surface area contributed by atoms with Gasteiger partial charge in [0.2, 0.25) is 0 Å². The Kier molecular flexibility index (Phi) is 2.99. The number of aliphatic carboxylic acids is 1. The molecule has 0 radical (unpaired) electrons. The van der Waals surface area contributed by atoms with Crippen molar-refractivity contribution in [3.8, 4) is 11.3 Å². The molecule has 1 aromatic heterocycles. The van der Waals surface area contributed by atoms with Gasteiger partial charge in [-0.15, -0.1) is 0 Å². The summed E-state index contributed by atoms with van der Waals surface area (Å²) in [5.74, 6) is -1.27. The van der Waals surface area contributed by atoms with Gasteiger partial charge in [-0.25, -0.2) is 0 Å². The van der Waals surface area contributed by atoms with Crippen molar-refractivity contribution in [1.29, 1.82) is 0 Å². The Morgan fingerprint density at radius 2 is 2.05 bits per heavy atom. The lowest BCUT2D eigenvalue weighted by Crippen LogP contribution is -2.08. The van der Waals surface area contributed by atoms with E-state index in [0.29, 0.717) is 17.9 Å². The number of hydrogen-bond acceptors (Lipinski definition) is 2. The summed E-state index contributed by atoms with van der Waals surface area (Å²) in [5, 5.41) is 9.68. The van der Waals surface area contributed by atoms with E-state index in [2.05, 4.69) is 4.98 Å². The van der Waals surface area contributed by atoms with Crippen molar-refractivity contribution in [2.45, 2.75) is 18.8 Å². The van der Waals surface area contributed by atoms with E-state index in [1.807, 2.05) is 30.3 Å². The average molecular weight is 274 g/mol. The summed E-state index contributed by atoms with van der Waals surface area (Å²) < 4.78 is 0. The molecule has 0 amide bonds. The van der Waals surface area contributed by atoms with Crippen molar-refractivity contribution in [2.24, 2.45) is 0 Å². The summed E-state index contributed by atoms with van der Waals surface area (Å²) in [6, 6.07) is 11.5. The monoisotopic (exact) mass is 273 g/mol. The molecule has 1 heterocycles. The first-order chi connectivity index (χ1) is 9.16. The number of pyridine rings is 1. The minimum atomic E-state index is -0.802. The zero-order valence-corrected chi connectivity index (χ0v) is 10.9. The topological polar surface area (TPSA) is 50.2 Å². The minimum Gasteiger partial charge on any atom is -0.481 e. The van der Waals surface area contributed by atoms with E-state index in [0.717, 1.165) is 22.5 Å². The van der Waals surface area contributed by atoms with Crippen molar-refractivity contribution in [3.63, 3.8) is 0 Å². The summed E-state index contributed by atoms with van der Waals surface area (Å²) in [5.41, 5.74) is 3.30. The molecule has 1 N–H and O–H groups in total. The van der Waals surface area contributed by atoms with E-state index >= 15 is 0 Å². The first-order valence-corrected chi connectivity index (χ1v) is 6.52. The third-order valence-corrected chi connectivity index (χ3v) is 3.77. The van der Waals surface area contributed by atoms with Crippen LogP contribution in [0, 0.1) is 0 Å². The molecule has 1 atom stereocenters. The zero-order chi connectivity index (χ0) is 13.4. The van der Waals surface area contributed by atoms with Gasteiger partial charge in [-0.3, -0.25) is 9.78 Å². The van der Waals surface area contributed by atoms with Gasteiger partial charge in [-0.05, 0) is 24.5 Å². The number of nitrogens with zero attached hydrogens (tertiary/aromatic N) is 1. The number of carbonyl (C=O) groups is 1. The first kappa shape index (κ1) is 12.2. The maximum Gasteiger partial charge on any atom is 0.311 e. The fourth-order valence-corrected chi connectivity index (χ4v) is 2.80. The molecule has 2 aromatic rings. The van der Waals surface area contributed by atoms with E-state index in [1.54, 1.807) is 6.07 Å². The Labute approximate surface area is 115 Å². The van der Waals surface area contributed by atoms with E-state index in [-0.39, 0.29) is 0 Å². The van der Waals surface area contributed by atoms with Crippen LogP contribution in [0.25, 0.3) is 11.3 Å². The Bertz CT molecular complexity index is 640. The fraction of sp³-hybridized carbons (Fsp3) is 0.200. The molecule has 1 aliphatic rings. The molecule has 19 heavy (non-hydrogen) atoms. The van der Waals surface area contributed by atoms with Crippen molar-refractivity contribution in [3.05, 3.63) is 52.7 Å². The van der Waals surface area contributed by atoms with Crippen LogP contribution in [-0.2, 0) is 11.2 Å². The van der Waals surface area contributed by atoms with Crippen LogP contribution in [0.2, 0.25) is 5.02 Å². The third kappa shape index (κ3) is 2.10. The highest BCUT2D eigenvalue weighted by atomic mass is 35.5. The highest BCUT2D eigenvalue weighted by Crippen LogP contribution is 2.37. The van der Waals surface area contributed by atoms with Gasteiger partial charge in [0.1, 0.15) is 0 Å². The molecule has 0 saturated heterocycles. The quantitative estimate of drug-likeness (QED) is 0.911. The second-order valence-corrected chi connectivity index (χ2v) is 5.06. The van der Waals surface area contributed by atoms with Crippen LogP contribution in [0.4, 0.5) is 0 Å². The molecule has 0 saturated carbocycles. The lowest BCUT2D eigenvalue weighted by atomic mass is 10.0. The standard InChI is InChI=1S/C15H12ClNO2/c16-12-8-11-10(15(18)19)6-7-13(11)17-14(12)9-4-2-1-3-5-9/h1-5,8,10H,6-7H2,(H,18,19). The number of hydrogen-bond donors (Lipinski definition) is 1. The lowest BCUT2D eigenvalue weighted by molar-refractivity contribution is -0.138. The maximum absolute atomic E-state index is 11.2. The van der Waals surface area contributed by atoms with Crippen LogP contribution in [0.5, 0.6) is 0 Å². The summed E-state index contributed by atoms with van der Waals surface area (Å²) in [6.45, 7) is 0. The Morgan fingerprint density at radius 1 is 1.32 bits per heavy atom. The molecule has 1 unspecified atom stereocenters. The summed E-state index contributed by atoms with van der Waals surface area (Å²) in [6.07, 6.45) is 1.30. The number of rotatable bonds is 2. The number of aromatic nitrogens is 1. The molecule has 0 aliphatic heterocycles. The maximum atomic E-state index is 11.2. The van der Waals surface area contributed by atoms with Gasteiger partial charge in [0.05, 0.1) is 16.6 Å². The summed E-state index contributed by atoms with van der Waals surface area (Å²) >= 11 is 6.26. The Hall–Kier alpha value is -1.87. The fourth-order valence-electron chi connectivity index (χ4n) is 2.53. The molecule has 0 spiro atoms. The van der Waals surface area contributed by atoms with Crippen molar-refractivity contribution < 1.29 is 9.90 Å². The molecule has 3 nitrogen and oxygen atoms in total. The molecule has 1 aliphatic carbocycles. The predicted molar refractivity (Wildman–Crippen MR) is 73.4 cm³/mol. The van der Waals surface area contributed by atoms with Gasteiger partial charge < -0.3 is 5.11 Å². The van der Waals surface area contributed by atoms with E-state index < -0.39 is 11.9 Å². The second-order valence-electron chi connectivity index (χ2n) is 4.65. The largest absolute Gasteiger partial charge is 0.481 e. The van der Waals surface area contributed by atoms with Crippen molar-refractivity contribution in [2.75, 3.05) is 0 Å². The van der Waals surface area contributed by atoms with Crippen LogP contribution in [0.3, 0.4) is 0 Å². The number of benzene rings is 1. The Morgan fingerprint density at radius 3 is 2.74 bits per heavy atom. The highest BCUT2D eigenvalue weighted by molar-refractivity contribution is 6.33. The molecule has 96 valence electrons. The van der Waals surface area contributed by atoms with Crippen molar-refractivity contribution >= 4 is 17.6 Å². The SMILES string of the molecule is O=C(O)C1CCc2nc(-c3ccccc3)c(Cl)cc21. The number of aryl methyl sites for hydroxylation is 1. The lowest BCUT2D eigenvalue weighted by Gasteiger charge is -2.09. The molecule has 0 fully saturated rings. The molecule has 0 bridgehead atoms. The van der Waals surface area contributed by atoms with Crippen molar-refractivity contribution in [1.82, 2.24) is 4.98 Å². The Balaban J connectivity index is 2.10. The molecule has 3 rings (SSSR count). The number of carboxylic acids is 1. The van der Waals surface area contributed by atoms with Gasteiger partial charge in [-0.1, -0.05) is 41.9 Å². The van der Waals surface area contributed by atoms with Crippen LogP contribution >= 0.6 is 11.6 Å². The van der Waals surface area contributed by atoms with E-state index in [9.17, 15) is 4.79 Å². The summed E-state index contributed by atoms with van der Waals surface area (Å²) in [7, 11) is 0. The molecule has 4 heteroatoms. The van der Waals surface area contributed by atoms with Gasteiger partial charge in [0, 0.05) is 11.3 Å². The number of halogens is 1. The molecular weight excluding hydrogens is 262 g/mol. The van der Waals surface area contributed by atoms with Crippen LogP contribution in [0.1, 0.15) is 23.6 Å². The van der Waals surface area contributed by atoms with Gasteiger partial charge >= 0.3 is 5.97 Å². The van der Waals surface area contributed by atoms with Crippen LogP contribution in [0.15, 0.2) is 36.4 Å². The normalized spacial score (nSPS) is 17.2. The predicted octanol–water partition coefficient (Wildman–Crippen LogP) is 3.52. The first-order valence-electron chi connectivity index (χ1n) is 6.14. The van der Waals surface area contributed by atoms with E-state index in [1.165, 1.54) is 0 Å². The third-order valence-electron chi connectivity index (χ3n) is 3.48. The number of fused-ring (bicyclic) bond motifs is 1. The smallest absolute Gasteiger partial charge is 0.311 e. The van der Waals surface area contributed by atoms with Gasteiger partial charge in [0.25, 0.3) is 0 Å². The van der Waals surface area contributed by atoms with Crippen LogP contribution in [-0.4, -0.2) is 16.1 Å². The minimum absolute atomic E-state index is 0.468. The van der Waals surface area contributed by atoms with Crippen LogP contribution < -0.4 is 0 Å².